The third-order valence-electron chi connectivity index (χ3n) is 4.37. The first-order chi connectivity index (χ1) is 14.2. The van der Waals surface area contributed by atoms with E-state index in [0.29, 0.717) is 16.9 Å². The molecule has 0 radical (unpaired) electrons. The molecule has 0 atom stereocenters. The number of esters is 1. The molecule has 1 heterocycles. The largest absolute Gasteiger partial charge is 0.461 e. The lowest BCUT2D eigenvalue weighted by Gasteiger charge is -2.18. The van der Waals surface area contributed by atoms with Gasteiger partial charge in [-0.25, -0.2) is 13.9 Å². The minimum atomic E-state index is -0.592. The van der Waals surface area contributed by atoms with Gasteiger partial charge in [0, 0.05) is 16.7 Å². The lowest BCUT2D eigenvalue weighted by molar-refractivity contribution is -0.123. The van der Waals surface area contributed by atoms with Crippen molar-refractivity contribution in [3.8, 4) is 16.9 Å². The fourth-order valence-electron chi connectivity index (χ4n) is 2.77. The molecule has 2 aromatic carbocycles. The van der Waals surface area contributed by atoms with Crippen LogP contribution in [0.25, 0.3) is 16.9 Å². The molecule has 1 aromatic heterocycles. The number of anilines is 1. The summed E-state index contributed by atoms with van der Waals surface area (Å²) in [5.74, 6) is -1.20. The van der Waals surface area contributed by atoms with Crippen molar-refractivity contribution in [1.29, 1.82) is 0 Å². The summed E-state index contributed by atoms with van der Waals surface area (Å²) >= 11 is 0. The monoisotopic (exact) mass is 409 g/mol. The average Bonchev–Trinajstić information content (AvgIpc) is 3.13. The molecule has 7 heteroatoms. The summed E-state index contributed by atoms with van der Waals surface area (Å²) in [6.45, 7) is 7.38. The zero-order chi connectivity index (χ0) is 21.9. The number of nitrogens with one attached hydrogen (secondary N) is 1. The van der Waals surface area contributed by atoms with Crippen LogP contribution in [-0.2, 0) is 9.53 Å². The number of benzene rings is 2. The minimum absolute atomic E-state index is 0.0687. The smallest absolute Gasteiger partial charge is 0.358 e. The van der Waals surface area contributed by atoms with E-state index in [2.05, 4.69) is 10.4 Å². The quantitative estimate of drug-likeness (QED) is 0.612. The molecular formula is C23H24FN3O3. The number of halogens is 1. The zero-order valence-corrected chi connectivity index (χ0v) is 17.4. The van der Waals surface area contributed by atoms with Crippen molar-refractivity contribution in [1.82, 2.24) is 9.78 Å². The average molecular weight is 409 g/mol. The van der Waals surface area contributed by atoms with E-state index in [1.807, 2.05) is 20.8 Å². The maximum absolute atomic E-state index is 14.5. The Hall–Kier alpha value is -3.48. The van der Waals surface area contributed by atoms with E-state index in [0.717, 1.165) is 0 Å². The summed E-state index contributed by atoms with van der Waals surface area (Å²) in [6, 6.07) is 14.8. The third kappa shape index (κ3) is 4.56. The number of hydrogen-bond donors (Lipinski definition) is 1. The molecule has 30 heavy (non-hydrogen) atoms. The van der Waals surface area contributed by atoms with E-state index < -0.39 is 17.2 Å². The van der Waals surface area contributed by atoms with Crippen molar-refractivity contribution in [2.45, 2.75) is 27.7 Å². The Morgan fingerprint density at radius 1 is 1.10 bits per heavy atom. The van der Waals surface area contributed by atoms with Gasteiger partial charge in [0.05, 0.1) is 12.3 Å². The molecule has 1 amide bonds. The fourth-order valence-corrected chi connectivity index (χ4v) is 2.77. The fraction of sp³-hybridized carbons (Fsp3) is 0.261. The van der Waals surface area contributed by atoms with E-state index in [1.54, 1.807) is 55.5 Å². The second-order valence-corrected chi connectivity index (χ2v) is 7.78. The number of aromatic nitrogens is 2. The standard InChI is InChI=1S/C23H24FN3O3/c1-5-30-21(28)18-14-20(27(26-18)19-12-7-6-11-17(19)24)15-9-8-10-16(13-15)25-22(29)23(2,3)4/h6-14H,5H2,1-4H3,(H,25,29). The third-order valence-corrected chi connectivity index (χ3v) is 4.37. The predicted molar refractivity (Wildman–Crippen MR) is 113 cm³/mol. The van der Waals surface area contributed by atoms with Gasteiger partial charge in [0.25, 0.3) is 0 Å². The van der Waals surface area contributed by atoms with Gasteiger partial charge in [-0.15, -0.1) is 0 Å². The first-order valence-corrected chi connectivity index (χ1v) is 9.64. The highest BCUT2D eigenvalue weighted by Crippen LogP contribution is 2.28. The van der Waals surface area contributed by atoms with Crippen LogP contribution < -0.4 is 5.32 Å². The maximum Gasteiger partial charge on any atom is 0.358 e. The van der Waals surface area contributed by atoms with Crippen molar-refractivity contribution in [3.05, 3.63) is 66.1 Å². The van der Waals surface area contributed by atoms with Gasteiger partial charge in [-0.1, -0.05) is 45.0 Å². The molecule has 0 aliphatic carbocycles. The lowest BCUT2D eigenvalue weighted by Crippen LogP contribution is -2.27. The van der Waals surface area contributed by atoms with Gasteiger partial charge in [0.2, 0.25) is 5.91 Å². The van der Waals surface area contributed by atoms with Crippen LogP contribution in [0.2, 0.25) is 0 Å². The van der Waals surface area contributed by atoms with Gasteiger partial charge in [-0.3, -0.25) is 4.79 Å². The summed E-state index contributed by atoms with van der Waals surface area (Å²) in [4.78, 5) is 24.6. The number of rotatable bonds is 5. The van der Waals surface area contributed by atoms with Crippen LogP contribution in [0.3, 0.4) is 0 Å². The lowest BCUT2D eigenvalue weighted by atomic mass is 9.95. The van der Waals surface area contributed by atoms with Crippen molar-refractivity contribution in [2.24, 2.45) is 5.41 Å². The van der Waals surface area contributed by atoms with E-state index in [4.69, 9.17) is 4.74 Å². The van der Waals surface area contributed by atoms with Crippen LogP contribution in [-0.4, -0.2) is 28.3 Å². The van der Waals surface area contributed by atoms with Crippen LogP contribution in [0, 0.1) is 11.2 Å². The predicted octanol–water partition coefficient (Wildman–Crippen LogP) is 4.84. The van der Waals surface area contributed by atoms with Gasteiger partial charge in [-0.2, -0.15) is 5.10 Å². The van der Waals surface area contributed by atoms with E-state index in [1.165, 1.54) is 10.7 Å². The van der Waals surface area contributed by atoms with E-state index in [9.17, 15) is 14.0 Å². The molecule has 3 aromatic rings. The van der Waals surface area contributed by atoms with Gasteiger partial charge < -0.3 is 10.1 Å². The highest BCUT2D eigenvalue weighted by atomic mass is 19.1. The van der Waals surface area contributed by atoms with E-state index in [-0.39, 0.29) is 23.9 Å². The molecule has 0 bridgehead atoms. The molecule has 0 fully saturated rings. The van der Waals surface area contributed by atoms with Crippen LogP contribution in [0.15, 0.2) is 54.6 Å². The molecule has 1 N–H and O–H groups in total. The Bertz CT molecular complexity index is 1080. The second kappa shape index (κ2) is 8.49. The second-order valence-electron chi connectivity index (χ2n) is 7.78. The number of carbonyl (C=O) groups is 2. The molecule has 0 aliphatic rings. The summed E-state index contributed by atoms with van der Waals surface area (Å²) in [6.07, 6.45) is 0. The number of hydrogen-bond acceptors (Lipinski definition) is 4. The van der Waals surface area contributed by atoms with Gasteiger partial charge in [0.1, 0.15) is 11.5 Å². The van der Waals surface area contributed by atoms with Gasteiger partial charge in [0.15, 0.2) is 5.69 Å². The molecule has 0 spiro atoms. The summed E-state index contributed by atoms with van der Waals surface area (Å²) in [7, 11) is 0. The summed E-state index contributed by atoms with van der Waals surface area (Å²) in [5, 5.41) is 7.16. The molecule has 0 aliphatic heterocycles. The Morgan fingerprint density at radius 2 is 1.83 bits per heavy atom. The number of ether oxygens (including phenoxy) is 1. The topological polar surface area (TPSA) is 73.2 Å². The summed E-state index contributed by atoms with van der Waals surface area (Å²) in [5.41, 5.74) is 1.46. The Morgan fingerprint density at radius 3 is 2.50 bits per heavy atom. The summed E-state index contributed by atoms with van der Waals surface area (Å²) < 4.78 is 20.9. The van der Waals surface area contributed by atoms with Crippen LogP contribution >= 0.6 is 0 Å². The SMILES string of the molecule is CCOC(=O)c1cc(-c2cccc(NC(=O)C(C)(C)C)c2)n(-c2ccccc2F)n1. The molecule has 156 valence electrons. The van der Waals surface area contributed by atoms with Crippen molar-refractivity contribution in [2.75, 3.05) is 11.9 Å². The van der Waals surface area contributed by atoms with E-state index >= 15 is 0 Å². The number of para-hydroxylation sites is 1. The molecule has 0 unspecified atom stereocenters. The minimum Gasteiger partial charge on any atom is -0.461 e. The number of nitrogens with zero attached hydrogens (tertiary/aromatic N) is 2. The first-order valence-electron chi connectivity index (χ1n) is 9.64. The number of carbonyl (C=O) groups excluding carboxylic acids is 2. The van der Waals surface area contributed by atoms with Crippen molar-refractivity contribution < 1.29 is 18.7 Å². The number of amides is 1. The van der Waals surface area contributed by atoms with Crippen LogP contribution in [0.5, 0.6) is 0 Å². The molecule has 0 saturated carbocycles. The van der Waals surface area contributed by atoms with Crippen molar-refractivity contribution in [3.63, 3.8) is 0 Å². The van der Waals surface area contributed by atoms with Gasteiger partial charge >= 0.3 is 5.97 Å². The molecule has 0 saturated heterocycles. The zero-order valence-electron chi connectivity index (χ0n) is 17.4. The molecule has 6 nitrogen and oxygen atoms in total. The molecular weight excluding hydrogens is 385 g/mol. The van der Waals surface area contributed by atoms with Crippen molar-refractivity contribution >= 4 is 17.6 Å². The van der Waals surface area contributed by atoms with Crippen LogP contribution in [0.1, 0.15) is 38.2 Å². The normalized spacial score (nSPS) is 11.2. The van der Waals surface area contributed by atoms with Gasteiger partial charge in [-0.05, 0) is 37.3 Å². The molecule has 3 rings (SSSR count). The van der Waals surface area contributed by atoms with Crippen LogP contribution in [0.4, 0.5) is 10.1 Å². The maximum atomic E-state index is 14.5. The Balaban J connectivity index is 2.09. The first kappa shape index (κ1) is 21.2. The Kier molecular flexibility index (Phi) is 6.01. The Labute approximate surface area is 174 Å². The highest BCUT2D eigenvalue weighted by molar-refractivity contribution is 5.95. The highest BCUT2D eigenvalue weighted by Gasteiger charge is 2.22.